The largest absolute Gasteiger partial charge is 0.574 e. The second-order valence-corrected chi connectivity index (χ2v) is 3.02. The number of alkyl halides is 3. The van der Waals surface area contributed by atoms with Crippen LogP contribution < -0.4 is 10.5 Å². The van der Waals surface area contributed by atoms with Crippen molar-refractivity contribution in [3.63, 3.8) is 0 Å². The lowest BCUT2D eigenvalue weighted by atomic mass is 10.1. The minimum atomic E-state index is -4.88. The fraction of sp³-hybridized carbons (Fsp3) is 0.333. The molecule has 1 heterocycles. The molecule has 0 bridgehead atoms. The van der Waals surface area contributed by atoms with Crippen LogP contribution in [-0.4, -0.2) is 17.6 Å². The van der Waals surface area contributed by atoms with Gasteiger partial charge < -0.3 is 10.5 Å². The lowest BCUT2D eigenvalue weighted by Gasteiger charge is -2.12. The van der Waals surface area contributed by atoms with Gasteiger partial charge in [-0.2, -0.15) is 0 Å². The van der Waals surface area contributed by atoms with Crippen LogP contribution in [0.1, 0.15) is 21.6 Å². The van der Waals surface area contributed by atoms with Gasteiger partial charge in [-0.05, 0) is 18.6 Å². The van der Waals surface area contributed by atoms with Crippen molar-refractivity contribution < 1.29 is 22.7 Å². The fourth-order valence-corrected chi connectivity index (χ4v) is 1.15. The molecule has 0 saturated heterocycles. The number of hydrogen-bond donors (Lipinski definition) is 1. The second-order valence-electron chi connectivity index (χ2n) is 3.02. The number of rotatable bonds is 3. The average Bonchev–Trinajstić information content (AvgIpc) is 2.14. The maximum absolute atomic E-state index is 12.0. The van der Waals surface area contributed by atoms with E-state index in [2.05, 4.69) is 9.72 Å². The molecule has 0 spiro atoms. The van der Waals surface area contributed by atoms with Crippen molar-refractivity contribution in [3.05, 3.63) is 22.9 Å². The maximum atomic E-state index is 12.0. The molecule has 0 fully saturated rings. The van der Waals surface area contributed by atoms with E-state index >= 15 is 0 Å². The van der Waals surface area contributed by atoms with Crippen LogP contribution in [0.25, 0.3) is 0 Å². The van der Waals surface area contributed by atoms with Gasteiger partial charge in [0, 0.05) is 6.54 Å². The summed E-state index contributed by atoms with van der Waals surface area (Å²) in [5, 5.41) is 0. The van der Waals surface area contributed by atoms with Gasteiger partial charge in [0.1, 0.15) is 0 Å². The molecule has 16 heavy (non-hydrogen) atoms. The maximum Gasteiger partial charge on any atom is 0.574 e. The highest BCUT2D eigenvalue weighted by Crippen LogP contribution is 2.25. The standard InChI is InChI=1S/C9H9F3N2O2/c1-5-2-6(3-13)14-8(7(5)4-15)16-9(10,11)12/h2,4H,3,13H2,1H3. The highest BCUT2D eigenvalue weighted by Gasteiger charge is 2.33. The second kappa shape index (κ2) is 4.48. The predicted octanol–water partition coefficient (Wildman–Crippen LogP) is 1.56. The number of aldehydes is 1. The molecule has 0 radical (unpaired) electrons. The number of hydrogen-bond acceptors (Lipinski definition) is 4. The van der Waals surface area contributed by atoms with Crippen LogP contribution in [0.15, 0.2) is 6.07 Å². The van der Waals surface area contributed by atoms with E-state index in [-0.39, 0.29) is 24.1 Å². The Morgan fingerprint density at radius 3 is 2.62 bits per heavy atom. The molecule has 0 saturated carbocycles. The first-order valence-corrected chi connectivity index (χ1v) is 4.29. The third kappa shape index (κ3) is 2.93. The zero-order chi connectivity index (χ0) is 12.3. The topological polar surface area (TPSA) is 65.2 Å². The average molecular weight is 234 g/mol. The Morgan fingerprint density at radius 2 is 2.19 bits per heavy atom. The van der Waals surface area contributed by atoms with Crippen molar-refractivity contribution in [2.75, 3.05) is 0 Å². The number of aryl methyl sites for hydroxylation is 1. The van der Waals surface area contributed by atoms with Gasteiger partial charge in [-0.1, -0.05) is 0 Å². The van der Waals surface area contributed by atoms with Crippen molar-refractivity contribution in [2.24, 2.45) is 5.73 Å². The van der Waals surface area contributed by atoms with E-state index in [0.29, 0.717) is 5.56 Å². The summed E-state index contributed by atoms with van der Waals surface area (Å²) >= 11 is 0. The molecule has 2 N–H and O–H groups in total. The van der Waals surface area contributed by atoms with Gasteiger partial charge in [-0.15, -0.1) is 13.2 Å². The van der Waals surface area contributed by atoms with Crippen molar-refractivity contribution in [1.82, 2.24) is 4.98 Å². The van der Waals surface area contributed by atoms with Crippen molar-refractivity contribution in [3.8, 4) is 5.88 Å². The molecule has 0 aromatic carbocycles. The summed E-state index contributed by atoms with van der Waals surface area (Å²) in [6.45, 7) is 1.45. The van der Waals surface area contributed by atoms with Crippen LogP contribution in [0, 0.1) is 6.92 Å². The van der Waals surface area contributed by atoms with E-state index in [9.17, 15) is 18.0 Å². The minimum Gasteiger partial charge on any atom is -0.387 e. The van der Waals surface area contributed by atoms with Crippen LogP contribution in [0.5, 0.6) is 5.88 Å². The molecule has 7 heteroatoms. The number of aromatic nitrogens is 1. The monoisotopic (exact) mass is 234 g/mol. The fourth-order valence-electron chi connectivity index (χ4n) is 1.15. The lowest BCUT2D eigenvalue weighted by Crippen LogP contribution is -2.20. The molecule has 0 amide bonds. The molecule has 0 aliphatic carbocycles. The lowest BCUT2D eigenvalue weighted by molar-refractivity contribution is -0.276. The number of nitrogens with zero attached hydrogens (tertiary/aromatic N) is 1. The van der Waals surface area contributed by atoms with E-state index < -0.39 is 12.2 Å². The van der Waals surface area contributed by atoms with Gasteiger partial charge in [-0.3, -0.25) is 4.79 Å². The van der Waals surface area contributed by atoms with E-state index in [0.717, 1.165) is 0 Å². The smallest absolute Gasteiger partial charge is 0.387 e. The predicted molar refractivity (Wildman–Crippen MR) is 48.9 cm³/mol. The van der Waals surface area contributed by atoms with E-state index in [4.69, 9.17) is 5.73 Å². The van der Waals surface area contributed by atoms with E-state index in [1.54, 1.807) is 0 Å². The Hall–Kier alpha value is -1.63. The highest BCUT2D eigenvalue weighted by molar-refractivity contribution is 5.80. The first kappa shape index (κ1) is 12.4. The molecule has 88 valence electrons. The van der Waals surface area contributed by atoms with Gasteiger partial charge >= 0.3 is 6.36 Å². The molecule has 4 nitrogen and oxygen atoms in total. The Balaban J connectivity index is 3.23. The van der Waals surface area contributed by atoms with E-state index in [1.165, 1.54) is 13.0 Å². The number of carbonyl (C=O) groups is 1. The zero-order valence-electron chi connectivity index (χ0n) is 8.34. The Morgan fingerprint density at radius 1 is 1.56 bits per heavy atom. The number of pyridine rings is 1. The first-order valence-electron chi connectivity index (χ1n) is 4.29. The van der Waals surface area contributed by atoms with Crippen molar-refractivity contribution >= 4 is 6.29 Å². The van der Waals surface area contributed by atoms with Crippen LogP contribution in [0.3, 0.4) is 0 Å². The molecular weight excluding hydrogens is 225 g/mol. The summed E-state index contributed by atoms with van der Waals surface area (Å²) < 4.78 is 39.7. The zero-order valence-corrected chi connectivity index (χ0v) is 8.34. The number of ether oxygens (including phenoxy) is 1. The normalized spacial score (nSPS) is 11.3. The Kier molecular flexibility index (Phi) is 3.48. The number of carbonyl (C=O) groups excluding carboxylic acids is 1. The van der Waals surface area contributed by atoms with Crippen LogP contribution >= 0.6 is 0 Å². The minimum absolute atomic E-state index is 0.0335. The van der Waals surface area contributed by atoms with Gasteiger partial charge in [0.05, 0.1) is 11.3 Å². The van der Waals surface area contributed by atoms with Crippen LogP contribution in [-0.2, 0) is 6.54 Å². The van der Waals surface area contributed by atoms with Crippen molar-refractivity contribution in [2.45, 2.75) is 19.8 Å². The summed E-state index contributed by atoms with van der Waals surface area (Å²) in [7, 11) is 0. The number of halogens is 3. The molecule has 1 rings (SSSR count). The molecule has 1 aromatic rings. The number of nitrogens with two attached hydrogens (primary N) is 1. The summed E-state index contributed by atoms with van der Waals surface area (Å²) in [5.74, 6) is -0.761. The van der Waals surface area contributed by atoms with E-state index in [1.807, 2.05) is 0 Å². The third-order valence-electron chi connectivity index (χ3n) is 1.82. The third-order valence-corrected chi connectivity index (χ3v) is 1.82. The van der Waals surface area contributed by atoms with Gasteiger partial charge in [-0.25, -0.2) is 4.98 Å². The van der Waals surface area contributed by atoms with Crippen LogP contribution in [0.4, 0.5) is 13.2 Å². The summed E-state index contributed by atoms with van der Waals surface area (Å²) in [5.41, 5.74) is 5.59. The van der Waals surface area contributed by atoms with Gasteiger partial charge in [0.25, 0.3) is 0 Å². The summed E-state index contributed by atoms with van der Waals surface area (Å²) in [4.78, 5) is 14.1. The van der Waals surface area contributed by atoms with Crippen LogP contribution in [0.2, 0.25) is 0 Å². The summed E-state index contributed by atoms with van der Waals surface area (Å²) in [6.07, 6.45) is -4.62. The highest BCUT2D eigenvalue weighted by atomic mass is 19.4. The van der Waals surface area contributed by atoms with Crippen molar-refractivity contribution in [1.29, 1.82) is 0 Å². The molecule has 0 aliphatic heterocycles. The first-order chi connectivity index (χ1) is 7.37. The molecule has 0 unspecified atom stereocenters. The quantitative estimate of drug-likeness (QED) is 0.806. The Bertz CT molecular complexity index is 404. The van der Waals surface area contributed by atoms with Gasteiger partial charge in [0.2, 0.25) is 5.88 Å². The Labute approximate surface area is 89.2 Å². The molecule has 0 atom stereocenters. The molecular formula is C9H9F3N2O2. The summed E-state index contributed by atoms with van der Waals surface area (Å²) in [6, 6.07) is 1.44. The molecule has 1 aromatic heterocycles. The van der Waals surface area contributed by atoms with Gasteiger partial charge in [0.15, 0.2) is 6.29 Å². The molecule has 0 aliphatic rings. The SMILES string of the molecule is Cc1cc(CN)nc(OC(F)(F)F)c1C=O.